The summed E-state index contributed by atoms with van der Waals surface area (Å²) in [7, 11) is 0. The van der Waals surface area contributed by atoms with Crippen LogP contribution in [0.1, 0.15) is 25.3 Å². The van der Waals surface area contributed by atoms with E-state index in [9.17, 15) is 4.79 Å². The van der Waals surface area contributed by atoms with Crippen LogP contribution in [0.5, 0.6) is 0 Å². The van der Waals surface area contributed by atoms with Crippen LogP contribution in [0.2, 0.25) is 10.0 Å². The third-order valence-electron chi connectivity index (χ3n) is 6.47. The van der Waals surface area contributed by atoms with Crippen LogP contribution < -0.4 is 4.90 Å². The molecule has 0 bridgehead atoms. The largest absolute Gasteiger partial charge is 0.368 e. The zero-order chi connectivity index (χ0) is 21.1. The van der Waals surface area contributed by atoms with E-state index in [1.807, 2.05) is 12.1 Å². The van der Waals surface area contributed by atoms with Gasteiger partial charge < -0.3 is 9.80 Å². The normalized spacial score (nSPS) is 21.1. The molecule has 4 rings (SSSR count). The lowest BCUT2D eigenvalue weighted by atomic mass is 10.0. The molecule has 0 aromatic heterocycles. The fraction of sp³-hybridized carbons (Fsp3) is 0.458. The number of hydrogen-bond acceptors (Lipinski definition) is 3. The molecule has 160 valence electrons. The fourth-order valence-electron chi connectivity index (χ4n) is 4.72. The molecule has 0 saturated carbocycles. The highest BCUT2D eigenvalue weighted by Crippen LogP contribution is 2.26. The number of benzene rings is 2. The predicted molar refractivity (Wildman–Crippen MR) is 125 cm³/mol. The number of anilines is 1. The molecule has 30 heavy (non-hydrogen) atoms. The van der Waals surface area contributed by atoms with Crippen molar-refractivity contribution in [1.29, 1.82) is 0 Å². The van der Waals surface area contributed by atoms with Gasteiger partial charge >= 0.3 is 0 Å². The van der Waals surface area contributed by atoms with Crippen LogP contribution in [-0.4, -0.2) is 60.5 Å². The molecular formula is C24H29Cl2N3O. The van der Waals surface area contributed by atoms with E-state index in [2.05, 4.69) is 45.9 Å². The Kier molecular flexibility index (Phi) is 6.87. The van der Waals surface area contributed by atoms with E-state index in [4.69, 9.17) is 23.2 Å². The van der Waals surface area contributed by atoms with Gasteiger partial charge in [0.1, 0.15) is 0 Å². The second-order valence-corrected chi connectivity index (χ2v) is 9.16. The van der Waals surface area contributed by atoms with Crippen molar-refractivity contribution in [3.05, 3.63) is 64.1 Å². The fourth-order valence-corrected chi connectivity index (χ4v) is 5.04. The van der Waals surface area contributed by atoms with Gasteiger partial charge in [0.25, 0.3) is 0 Å². The van der Waals surface area contributed by atoms with Gasteiger partial charge in [0.2, 0.25) is 5.91 Å². The molecule has 2 aliphatic heterocycles. The number of hydrogen-bond donors (Lipinski definition) is 0. The molecule has 0 aliphatic carbocycles. The zero-order valence-corrected chi connectivity index (χ0v) is 18.9. The number of carbonyl (C=O) groups excluding carboxylic acids is 1. The number of amides is 1. The summed E-state index contributed by atoms with van der Waals surface area (Å²) >= 11 is 12.2. The first-order valence-corrected chi connectivity index (χ1v) is 11.6. The first kappa shape index (κ1) is 21.5. The standard InChI is InChI=1S/C24H29Cl2N3O/c1-18(27-11-5-6-12-27)23-17-28(20-7-3-2-4-8-20)13-14-29(23)24(30)16-19-9-10-21(25)22(26)15-19/h2-4,7-10,15,18,23H,5-6,11-14,16-17H2,1H3/t18-,23+/m1/s1. The van der Waals surface area contributed by atoms with Crippen LogP contribution in [0, 0.1) is 0 Å². The number of carbonyl (C=O) groups is 1. The molecule has 0 spiro atoms. The number of piperazine rings is 1. The number of rotatable bonds is 5. The maximum atomic E-state index is 13.3. The molecule has 2 aliphatic rings. The van der Waals surface area contributed by atoms with Crippen molar-refractivity contribution in [3.8, 4) is 0 Å². The summed E-state index contributed by atoms with van der Waals surface area (Å²) in [6, 6.07) is 16.5. The Morgan fingerprint density at radius 3 is 2.43 bits per heavy atom. The van der Waals surface area contributed by atoms with Gasteiger partial charge in [0.05, 0.1) is 22.5 Å². The second-order valence-electron chi connectivity index (χ2n) is 8.34. The first-order chi connectivity index (χ1) is 14.5. The summed E-state index contributed by atoms with van der Waals surface area (Å²) in [6.45, 7) is 6.96. The Balaban J connectivity index is 1.53. The van der Waals surface area contributed by atoms with Crippen molar-refractivity contribution in [2.75, 3.05) is 37.6 Å². The van der Waals surface area contributed by atoms with Crippen LogP contribution in [0.25, 0.3) is 0 Å². The Morgan fingerprint density at radius 2 is 1.73 bits per heavy atom. The Morgan fingerprint density at radius 1 is 1.00 bits per heavy atom. The number of para-hydroxylation sites is 1. The van der Waals surface area contributed by atoms with Gasteiger partial charge in [-0.3, -0.25) is 9.69 Å². The molecule has 1 amide bonds. The average molecular weight is 446 g/mol. The van der Waals surface area contributed by atoms with Crippen LogP contribution >= 0.6 is 23.2 Å². The van der Waals surface area contributed by atoms with E-state index in [1.54, 1.807) is 12.1 Å². The van der Waals surface area contributed by atoms with E-state index in [-0.39, 0.29) is 11.9 Å². The van der Waals surface area contributed by atoms with Crippen molar-refractivity contribution in [2.45, 2.75) is 38.3 Å². The Hall–Kier alpha value is -1.75. The van der Waals surface area contributed by atoms with Gasteiger partial charge in [-0.2, -0.15) is 0 Å². The van der Waals surface area contributed by atoms with Gasteiger partial charge in [-0.05, 0) is 62.7 Å². The van der Waals surface area contributed by atoms with E-state index in [0.717, 1.165) is 38.3 Å². The van der Waals surface area contributed by atoms with Gasteiger partial charge in [0, 0.05) is 31.4 Å². The third-order valence-corrected chi connectivity index (χ3v) is 7.21. The molecule has 6 heteroatoms. The molecule has 2 aromatic carbocycles. The molecule has 2 saturated heterocycles. The summed E-state index contributed by atoms with van der Waals surface area (Å²) in [5, 5.41) is 1.02. The van der Waals surface area contributed by atoms with Crippen LogP contribution in [0.3, 0.4) is 0 Å². The van der Waals surface area contributed by atoms with Crippen molar-refractivity contribution < 1.29 is 4.79 Å². The number of nitrogens with zero attached hydrogens (tertiary/aromatic N) is 3. The van der Waals surface area contributed by atoms with Gasteiger partial charge in [0.15, 0.2) is 0 Å². The van der Waals surface area contributed by atoms with E-state index < -0.39 is 0 Å². The Bertz CT molecular complexity index is 870. The number of halogens is 2. The first-order valence-electron chi connectivity index (χ1n) is 10.8. The molecule has 2 heterocycles. The lowest BCUT2D eigenvalue weighted by Crippen LogP contribution is -2.62. The minimum Gasteiger partial charge on any atom is -0.368 e. The topological polar surface area (TPSA) is 26.8 Å². The van der Waals surface area contributed by atoms with Crippen molar-refractivity contribution in [1.82, 2.24) is 9.80 Å². The van der Waals surface area contributed by atoms with E-state index in [1.165, 1.54) is 18.5 Å². The summed E-state index contributed by atoms with van der Waals surface area (Å²) in [5.41, 5.74) is 2.14. The zero-order valence-electron chi connectivity index (χ0n) is 17.4. The lowest BCUT2D eigenvalue weighted by Gasteiger charge is -2.47. The summed E-state index contributed by atoms with van der Waals surface area (Å²) in [4.78, 5) is 20.4. The smallest absolute Gasteiger partial charge is 0.227 e. The molecule has 2 atom stereocenters. The van der Waals surface area contributed by atoms with E-state index in [0.29, 0.717) is 22.5 Å². The number of likely N-dealkylation sites (tertiary alicyclic amines) is 1. The van der Waals surface area contributed by atoms with Gasteiger partial charge in [-0.15, -0.1) is 0 Å². The molecule has 0 N–H and O–H groups in total. The minimum absolute atomic E-state index is 0.160. The van der Waals surface area contributed by atoms with Crippen LogP contribution in [0.15, 0.2) is 48.5 Å². The SMILES string of the molecule is C[C@H]([C@@H]1CN(c2ccccc2)CCN1C(=O)Cc1ccc(Cl)c(Cl)c1)N1CCCC1. The molecule has 4 nitrogen and oxygen atoms in total. The highest BCUT2D eigenvalue weighted by atomic mass is 35.5. The minimum atomic E-state index is 0.160. The average Bonchev–Trinajstić information content (AvgIpc) is 3.31. The van der Waals surface area contributed by atoms with Gasteiger partial charge in [-0.25, -0.2) is 0 Å². The molecule has 2 aromatic rings. The Labute approximate surface area is 189 Å². The summed E-state index contributed by atoms with van der Waals surface area (Å²) in [6.07, 6.45) is 2.85. The maximum Gasteiger partial charge on any atom is 0.227 e. The molecule has 0 radical (unpaired) electrons. The maximum absolute atomic E-state index is 13.3. The highest BCUT2D eigenvalue weighted by Gasteiger charge is 2.37. The quantitative estimate of drug-likeness (QED) is 0.664. The van der Waals surface area contributed by atoms with Crippen molar-refractivity contribution in [3.63, 3.8) is 0 Å². The second kappa shape index (κ2) is 9.59. The summed E-state index contributed by atoms with van der Waals surface area (Å²) < 4.78 is 0. The molecule has 2 fully saturated rings. The lowest BCUT2D eigenvalue weighted by molar-refractivity contribution is -0.134. The van der Waals surface area contributed by atoms with Crippen LogP contribution in [-0.2, 0) is 11.2 Å². The molecule has 0 unspecified atom stereocenters. The van der Waals surface area contributed by atoms with E-state index >= 15 is 0 Å². The van der Waals surface area contributed by atoms with Gasteiger partial charge in [-0.1, -0.05) is 47.5 Å². The predicted octanol–water partition coefficient (Wildman–Crippen LogP) is 4.74. The van der Waals surface area contributed by atoms with Crippen LogP contribution in [0.4, 0.5) is 5.69 Å². The summed E-state index contributed by atoms with van der Waals surface area (Å²) in [5.74, 6) is 0.164. The monoisotopic (exact) mass is 445 g/mol. The van der Waals surface area contributed by atoms with Crippen molar-refractivity contribution >= 4 is 34.8 Å². The third kappa shape index (κ3) is 4.77. The highest BCUT2D eigenvalue weighted by molar-refractivity contribution is 6.42. The van der Waals surface area contributed by atoms with Crippen molar-refractivity contribution in [2.24, 2.45) is 0 Å². The molecular weight excluding hydrogens is 417 g/mol.